The minimum atomic E-state index is -0.549. The van der Waals surface area contributed by atoms with Gasteiger partial charge in [0, 0.05) is 21.3 Å². The summed E-state index contributed by atoms with van der Waals surface area (Å²) < 4.78 is 5.54. The Morgan fingerprint density at radius 1 is 1.35 bits per heavy atom. The lowest BCUT2D eigenvalue weighted by atomic mass is 10.1. The van der Waals surface area contributed by atoms with Gasteiger partial charge in [-0.15, -0.1) is 0 Å². The van der Waals surface area contributed by atoms with Crippen LogP contribution in [0.4, 0.5) is 5.69 Å². The summed E-state index contributed by atoms with van der Waals surface area (Å²) in [5.41, 5.74) is 1.69. The zero-order chi connectivity index (χ0) is 19.1. The summed E-state index contributed by atoms with van der Waals surface area (Å²) in [5.74, 6) is -0.0544. The summed E-state index contributed by atoms with van der Waals surface area (Å²) in [5, 5.41) is 13.1. The fourth-order valence-corrected chi connectivity index (χ4v) is 2.50. The summed E-state index contributed by atoms with van der Waals surface area (Å²) in [6.45, 7) is 5.67. The van der Waals surface area contributed by atoms with E-state index in [0.717, 1.165) is 5.56 Å². The molecule has 0 heterocycles. The predicted octanol–water partition coefficient (Wildman–Crippen LogP) is 5.41. The van der Waals surface area contributed by atoms with Crippen molar-refractivity contribution in [1.82, 2.24) is 0 Å². The van der Waals surface area contributed by atoms with Crippen LogP contribution in [0.2, 0.25) is 10.0 Å². The standard InChI is InChI=1S/C20H16Cl2N2O2/c1-3-9-26-19-8-7-16(21)11-14(19)10-15(12-23)20(25)24-18-6-4-5-17(22)13(18)2/h3-8,10-11H,1,9H2,2H3,(H,24,25)/b15-10+. The third-order valence-corrected chi connectivity index (χ3v) is 4.15. The highest BCUT2D eigenvalue weighted by Gasteiger charge is 2.13. The van der Waals surface area contributed by atoms with Gasteiger partial charge in [-0.1, -0.05) is 41.9 Å². The molecule has 6 heteroatoms. The molecule has 0 saturated carbocycles. The molecule has 0 radical (unpaired) electrons. The zero-order valence-corrected chi connectivity index (χ0v) is 15.6. The molecule has 1 N–H and O–H groups in total. The maximum Gasteiger partial charge on any atom is 0.266 e. The van der Waals surface area contributed by atoms with Gasteiger partial charge in [-0.25, -0.2) is 0 Å². The van der Waals surface area contributed by atoms with E-state index >= 15 is 0 Å². The molecule has 0 aliphatic carbocycles. The summed E-state index contributed by atoms with van der Waals surface area (Å²) >= 11 is 12.1. The number of nitriles is 1. The first-order valence-corrected chi connectivity index (χ1v) is 8.43. The number of nitrogens with one attached hydrogen (secondary N) is 1. The molecule has 26 heavy (non-hydrogen) atoms. The van der Waals surface area contributed by atoms with Crippen molar-refractivity contribution in [3.63, 3.8) is 0 Å². The Hall–Kier alpha value is -2.74. The van der Waals surface area contributed by atoms with Gasteiger partial charge in [0.2, 0.25) is 0 Å². The van der Waals surface area contributed by atoms with E-state index in [1.807, 2.05) is 6.07 Å². The number of hydrogen-bond acceptors (Lipinski definition) is 3. The molecule has 4 nitrogen and oxygen atoms in total. The fourth-order valence-electron chi connectivity index (χ4n) is 2.15. The van der Waals surface area contributed by atoms with Gasteiger partial charge >= 0.3 is 0 Å². The van der Waals surface area contributed by atoms with Crippen molar-refractivity contribution in [2.24, 2.45) is 0 Å². The van der Waals surface area contributed by atoms with Gasteiger partial charge in [-0.3, -0.25) is 4.79 Å². The van der Waals surface area contributed by atoms with Gasteiger partial charge in [0.25, 0.3) is 5.91 Å². The van der Waals surface area contributed by atoms with Crippen molar-refractivity contribution in [2.75, 3.05) is 11.9 Å². The van der Waals surface area contributed by atoms with Crippen LogP contribution in [0.3, 0.4) is 0 Å². The largest absolute Gasteiger partial charge is 0.489 e. The van der Waals surface area contributed by atoms with Gasteiger partial charge in [-0.05, 0) is 48.9 Å². The number of amides is 1. The van der Waals surface area contributed by atoms with Gasteiger partial charge in [0.1, 0.15) is 24.0 Å². The third-order valence-electron chi connectivity index (χ3n) is 3.51. The number of halogens is 2. The van der Waals surface area contributed by atoms with Crippen LogP contribution < -0.4 is 10.1 Å². The van der Waals surface area contributed by atoms with Gasteiger partial charge in [-0.2, -0.15) is 5.26 Å². The summed E-state index contributed by atoms with van der Waals surface area (Å²) in [7, 11) is 0. The summed E-state index contributed by atoms with van der Waals surface area (Å²) in [6.07, 6.45) is 3.03. The molecule has 1 amide bonds. The van der Waals surface area contributed by atoms with Crippen molar-refractivity contribution >= 4 is 40.9 Å². The van der Waals surface area contributed by atoms with Gasteiger partial charge in [0.05, 0.1) is 0 Å². The van der Waals surface area contributed by atoms with E-state index in [4.69, 9.17) is 27.9 Å². The topological polar surface area (TPSA) is 62.1 Å². The minimum Gasteiger partial charge on any atom is -0.489 e. The maximum absolute atomic E-state index is 12.5. The molecule has 0 aromatic heterocycles. The van der Waals surface area contributed by atoms with E-state index in [-0.39, 0.29) is 12.2 Å². The Labute approximate surface area is 162 Å². The summed E-state index contributed by atoms with van der Waals surface area (Å²) in [4.78, 5) is 12.5. The van der Waals surface area contributed by atoms with Crippen LogP contribution in [0.25, 0.3) is 6.08 Å². The molecule has 0 fully saturated rings. The van der Waals surface area contributed by atoms with Crippen LogP contribution in [0.5, 0.6) is 5.75 Å². The molecule has 0 spiro atoms. The first-order valence-electron chi connectivity index (χ1n) is 7.67. The van der Waals surface area contributed by atoms with Crippen molar-refractivity contribution in [1.29, 1.82) is 5.26 Å². The lowest BCUT2D eigenvalue weighted by molar-refractivity contribution is -0.112. The average molecular weight is 387 g/mol. The van der Waals surface area contributed by atoms with Gasteiger partial charge < -0.3 is 10.1 Å². The van der Waals surface area contributed by atoms with Crippen molar-refractivity contribution in [3.8, 4) is 11.8 Å². The van der Waals surface area contributed by atoms with E-state index in [0.29, 0.717) is 27.0 Å². The first kappa shape index (κ1) is 19.6. The molecule has 0 aliphatic rings. The molecule has 0 unspecified atom stereocenters. The number of rotatable bonds is 6. The number of hydrogen-bond donors (Lipinski definition) is 1. The first-order chi connectivity index (χ1) is 12.5. The van der Waals surface area contributed by atoms with Gasteiger partial charge in [0.15, 0.2) is 0 Å². The van der Waals surface area contributed by atoms with E-state index in [9.17, 15) is 10.1 Å². The number of benzene rings is 2. The highest BCUT2D eigenvalue weighted by atomic mass is 35.5. The maximum atomic E-state index is 12.5. The normalized spacial score (nSPS) is 10.8. The van der Waals surface area contributed by atoms with Crippen LogP contribution in [0, 0.1) is 18.3 Å². The molecular formula is C20H16Cl2N2O2. The molecule has 2 aromatic carbocycles. The molecular weight excluding hydrogens is 371 g/mol. The Bertz CT molecular complexity index is 915. The lowest BCUT2D eigenvalue weighted by Crippen LogP contribution is -2.14. The van der Waals surface area contributed by atoms with Crippen LogP contribution in [-0.4, -0.2) is 12.5 Å². The molecule has 2 rings (SSSR count). The molecule has 0 atom stereocenters. The molecule has 132 valence electrons. The molecule has 2 aromatic rings. The van der Waals surface area contributed by atoms with Crippen LogP contribution in [-0.2, 0) is 4.79 Å². The number of carbonyl (C=O) groups is 1. The van der Waals surface area contributed by atoms with Crippen LogP contribution in [0.1, 0.15) is 11.1 Å². The highest BCUT2D eigenvalue weighted by molar-refractivity contribution is 6.32. The van der Waals surface area contributed by atoms with E-state index in [1.165, 1.54) is 6.08 Å². The van der Waals surface area contributed by atoms with Crippen molar-refractivity contribution in [3.05, 3.63) is 75.8 Å². The van der Waals surface area contributed by atoms with E-state index in [1.54, 1.807) is 49.4 Å². The SMILES string of the molecule is C=CCOc1ccc(Cl)cc1/C=C(\C#N)C(=O)Nc1cccc(Cl)c1C. The third kappa shape index (κ3) is 4.89. The Morgan fingerprint density at radius 3 is 2.81 bits per heavy atom. The highest BCUT2D eigenvalue weighted by Crippen LogP contribution is 2.27. The molecule has 0 aliphatic heterocycles. The zero-order valence-electron chi connectivity index (χ0n) is 14.1. The fraction of sp³-hybridized carbons (Fsp3) is 0.100. The number of carbonyl (C=O) groups excluding carboxylic acids is 1. The molecule has 0 saturated heterocycles. The van der Waals surface area contributed by atoms with E-state index < -0.39 is 5.91 Å². The minimum absolute atomic E-state index is 0.0879. The monoisotopic (exact) mass is 386 g/mol. The van der Waals surface area contributed by atoms with Crippen molar-refractivity contribution in [2.45, 2.75) is 6.92 Å². The molecule has 0 bridgehead atoms. The Morgan fingerprint density at radius 2 is 2.12 bits per heavy atom. The second-order valence-electron chi connectivity index (χ2n) is 5.32. The summed E-state index contributed by atoms with van der Waals surface area (Å²) in [6, 6.07) is 12.0. The second-order valence-corrected chi connectivity index (χ2v) is 6.16. The second kappa shape index (κ2) is 9.10. The smallest absolute Gasteiger partial charge is 0.266 e. The number of anilines is 1. The van der Waals surface area contributed by atoms with Crippen molar-refractivity contribution < 1.29 is 9.53 Å². The quantitative estimate of drug-likeness (QED) is 0.409. The number of nitrogens with zero attached hydrogens (tertiary/aromatic N) is 1. The van der Waals surface area contributed by atoms with Crippen LogP contribution in [0.15, 0.2) is 54.6 Å². The lowest BCUT2D eigenvalue weighted by Gasteiger charge is -2.10. The predicted molar refractivity (Wildman–Crippen MR) is 106 cm³/mol. The average Bonchev–Trinajstić information content (AvgIpc) is 2.62. The Kier molecular flexibility index (Phi) is 6.85. The van der Waals surface area contributed by atoms with Crippen LogP contribution >= 0.6 is 23.2 Å². The number of ether oxygens (including phenoxy) is 1. The Balaban J connectivity index is 2.34. The van der Waals surface area contributed by atoms with E-state index in [2.05, 4.69) is 11.9 Å².